The van der Waals surface area contributed by atoms with Gasteiger partial charge in [0.15, 0.2) is 5.96 Å². The molecule has 1 fully saturated rings. The molecule has 0 spiro atoms. The van der Waals surface area contributed by atoms with E-state index >= 15 is 0 Å². The molecule has 164 valence electrons. The van der Waals surface area contributed by atoms with E-state index in [9.17, 15) is 0 Å². The molecule has 0 amide bonds. The van der Waals surface area contributed by atoms with Gasteiger partial charge in [-0.2, -0.15) is 0 Å². The molecule has 1 aliphatic rings. The van der Waals surface area contributed by atoms with Gasteiger partial charge in [-0.15, -0.1) is 0 Å². The Morgan fingerprint density at radius 1 is 1.28 bits per heavy atom. The third kappa shape index (κ3) is 7.82. The minimum Gasteiger partial charge on any atom is -0.375 e. The molecular weight excluding hydrogens is 364 g/mol. The van der Waals surface area contributed by atoms with E-state index in [2.05, 4.69) is 79.1 Å². The molecule has 29 heavy (non-hydrogen) atoms. The molecule has 0 radical (unpaired) electrons. The first-order chi connectivity index (χ1) is 13.9. The monoisotopic (exact) mass is 404 g/mol. The molecule has 1 saturated heterocycles. The number of hydrogen-bond donors (Lipinski definition) is 2. The second kappa shape index (κ2) is 12.0. The average molecular weight is 405 g/mol. The van der Waals surface area contributed by atoms with Crippen molar-refractivity contribution in [1.82, 2.24) is 20.5 Å². The Morgan fingerprint density at radius 2 is 2.03 bits per heavy atom. The second-order valence-electron chi connectivity index (χ2n) is 8.20. The Kier molecular flexibility index (Phi) is 9.67. The van der Waals surface area contributed by atoms with Crippen molar-refractivity contribution in [3.05, 3.63) is 23.9 Å². The molecule has 7 nitrogen and oxygen atoms in total. The van der Waals surface area contributed by atoms with Crippen molar-refractivity contribution in [1.29, 1.82) is 0 Å². The van der Waals surface area contributed by atoms with Crippen molar-refractivity contribution in [2.24, 2.45) is 4.99 Å². The summed E-state index contributed by atoms with van der Waals surface area (Å²) < 4.78 is 5.61. The summed E-state index contributed by atoms with van der Waals surface area (Å²) in [5.41, 5.74) is 1.11. The van der Waals surface area contributed by atoms with E-state index in [1.807, 2.05) is 6.20 Å². The van der Waals surface area contributed by atoms with Gasteiger partial charge in [-0.25, -0.2) is 9.98 Å². The van der Waals surface area contributed by atoms with Crippen LogP contribution in [0.15, 0.2) is 23.3 Å². The lowest BCUT2D eigenvalue weighted by Crippen LogP contribution is -2.45. The molecular formula is C22H40N6O. The third-order valence-electron chi connectivity index (χ3n) is 5.13. The topological polar surface area (TPSA) is 65.0 Å². The van der Waals surface area contributed by atoms with Crippen LogP contribution in [0.4, 0.5) is 5.82 Å². The summed E-state index contributed by atoms with van der Waals surface area (Å²) in [7, 11) is 0. The van der Waals surface area contributed by atoms with E-state index in [1.54, 1.807) is 0 Å². The molecule has 2 N–H and O–H groups in total. The summed E-state index contributed by atoms with van der Waals surface area (Å²) in [6.45, 7) is 19.0. The highest BCUT2D eigenvalue weighted by molar-refractivity contribution is 5.79. The Morgan fingerprint density at radius 3 is 2.62 bits per heavy atom. The van der Waals surface area contributed by atoms with E-state index in [0.717, 1.165) is 56.7 Å². The lowest BCUT2D eigenvalue weighted by Gasteiger charge is -2.32. The Hall–Kier alpha value is -1.86. The molecule has 1 aromatic rings. The Labute approximate surface area is 176 Å². The first-order valence-corrected chi connectivity index (χ1v) is 11.0. The smallest absolute Gasteiger partial charge is 0.191 e. The van der Waals surface area contributed by atoms with Crippen molar-refractivity contribution >= 4 is 11.8 Å². The molecule has 7 heteroatoms. The lowest BCUT2D eigenvalue weighted by atomic mass is 10.2. The van der Waals surface area contributed by atoms with Gasteiger partial charge in [0.25, 0.3) is 0 Å². The Balaban J connectivity index is 1.88. The van der Waals surface area contributed by atoms with Crippen LogP contribution in [0, 0.1) is 0 Å². The van der Waals surface area contributed by atoms with Crippen LogP contribution in [0.5, 0.6) is 0 Å². The number of pyridine rings is 1. The van der Waals surface area contributed by atoms with Gasteiger partial charge in [-0.3, -0.25) is 4.90 Å². The summed E-state index contributed by atoms with van der Waals surface area (Å²) in [4.78, 5) is 14.1. The minimum atomic E-state index is 0.255. The van der Waals surface area contributed by atoms with Crippen LogP contribution in [0.3, 0.4) is 0 Å². The zero-order chi connectivity index (χ0) is 21.2. The van der Waals surface area contributed by atoms with Crippen LogP contribution in [0.2, 0.25) is 0 Å². The summed E-state index contributed by atoms with van der Waals surface area (Å²) in [5.74, 6) is 1.87. The first kappa shape index (κ1) is 23.4. The number of aromatic nitrogens is 1. The lowest BCUT2D eigenvalue weighted by molar-refractivity contribution is 0.0529. The van der Waals surface area contributed by atoms with E-state index in [0.29, 0.717) is 18.6 Å². The molecule has 0 aliphatic carbocycles. The molecule has 0 aromatic carbocycles. The number of aliphatic imine (C=N–C) groups is 1. The van der Waals surface area contributed by atoms with Crippen molar-refractivity contribution in [2.45, 2.75) is 66.3 Å². The zero-order valence-electron chi connectivity index (χ0n) is 19.1. The molecule has 2 rings (SSSR count). The van der Waals surface area contributed by atoms with Crippen LogP contribution in [0.1, 0.15) is 47.1 Å². The fourth-order valence-corrected chi connectivity index (χ4v) is 3.65. The van der Waals surface area contributed by atoms with E-state index in [-0.39, 0.29) is 6.10 Å². The fraction of sp³-hybridized carbons (Fsp3) is 0.727. The van der Waals surface area contributed by atoms with Crippen molar-refractivity contribution in [3.8, 4) is 0 Å². The van der Waals surface area contributed by atoms with Crippen LogP contribution >= 0.6 is 0 Å². The quantitative estimate of drug-likeness (QED) is 0.487. The SMILES string of the molecule is CCNC(=NCc1ccc(N2CCOC(C)C2)nc1)NCCN(C(C)C)C(C)C. The molecule has 1 unspecified atom stereocenters. The number of hydrogen-bond acceptors (Lipinski definition) is 5. The van der Waals surface area contributed by atoms with Crippen LogP contribution in [-0.4, -0.2) is 73.4 Å². The highest BCUT2D eigenvalue weighted by Crippen LogP contribution is 2.15. The van der Waals surface area contributed by atoms with Crippen LogP contribution in [0.25, 0.3) is 0 Å². The minimum absolute atomic E-state index is 0.255. The zero-order valence-corrected chi connectivity index (χ0v) is 19.1. The summed E-state index contributed by atoms with van der Waals surface area (Å²) in [6.07, 6.45) is 2.19. The number of nitrogens with zero attached hydrogens (tertiary/aromatic N) is 4. The standard InChI is InChI=1S/C22H40N6O/c1-7-23-22(24-10-11-28(17(2)3)18(4)5)26-15-20-8-9-21(25-14-20)27-12-13-29-19(6)16-27/h8-9,14,17-19H,7,10-13,15-16H2,1-6H3,(H2,23,24,26). The van der Waals surface area contributed by atoms with E-state index in [4.69, 9.17) is 9.73 Å². The third-order valence-corrected chi connectivity index (χ3v) is 5.13. The predicted octanol–water partition coefficient (Wildman–Crippen LogP) is 2.48. The van der Waals surface area contributed by atoms with Gasteiger partial charge in [0.1, 0.15) is 5.82 Å². The molecule has 1 aromatic heterocycles. The normalized spacial score (nSPS) is 18.0. The second-order valence-corrected chi connectivity index (χ2v) is 8.20. The summed E-state index contributed by atoms with van der Waals surface area (Å²) in [5, 5.41) is 6.78. The van der Waals surface area contributed by atoms with Crippen molar-refractivity contribution in [2.75, 3.05) is 44.2 Å². The Bertz CT molecular complexity index is 608. The highest BCUT2D eigenvalue weighted by Gasteiger charge is 2.17. The number of rotatable bonds is 9. The van der Waals surface area contributed by atoms with Gasteiger partial charge in [-0.05, 0) is 53.2 Å². The molecule has 1 aliphatic heterocycles. The number of morpholine rings is 1. The van der Waals surface area contributed by atoms with Gasteiger partial charge >= 0.3 is 0 Å². The van der Waals surface area contributed by atoms with Crippen LogP contribution in [-0.2, 0) is 11.3 Å². The molecule has 1 atom stereocenters. The number of nitrogens with one attached hydrogen (secondary N) is 2. The summed E-state index contributed by atoms with van der Waals surface area (Å²) >= 11 is 0. The molecule has 2 heterocycles. The van der Waals surface area contributed by atoms with Gasteiger partial charge in [0.05, 0.1) is 19.3 Å². The van der Waals surface area contributed by atoms with Gasteiger partial charge in [0, 0.05) is 51.0 Å². The maximum atomic E-state index is 5.61. The predicted molar refractivity (Wildman–Crippen MR) is 122 cm³/mol. The first-order valence-electron chi connectivity index (χ1n) is 11.0. The van der Waals surface area contributed by atoms with E-state index < -0.39 is 0 Å². The maximum absolute atomic E-state index is 5.61. The number of ether oxygens (including phenoxy) is 1. The molecule has 0 saturated carbocycles. The molecule has 0 bridgehead atoms. The van der Waals surface area contributed by atoms with Crippen LogP contribution < -0.4 is 15.5 Å². The van der Waals surface area contributed by atoms with E-state index in [1.165, 1.54) is 0 Å². The van der Waals surface area contributed by atoms with Crippen molar-refractivity contribution < 1.29 is 4.74 Å². The maximum Gasteiger partial charge on any atom is 0.191 e. The van der Waals surface area contributed by atoms with Gasteiger partial charge in [0.2, 0.25) is 0 Å². The average Bonchev–Trinajstić information content (AvgIpc) is 2.69. The fourth-order valence-electron chi connectivity index (χ4n) is 3.65. The number of anilines is 1. The summed E-state index contributed by atoms with van der Waals surface area (Å²) in [6, 6.07) is 5.28. The largest absolute Gasteiger partial charge is 0.375 e. The van der Waals surface area contributed by atoms with Gasteiger partial charge in [-0.1, -0.05) is 6.07 Å². The van der Waals surface area contributed by atoms with Crippen molar-refractivity contribution in [3.63, 3.8) is 0 Å². The number of guanidine groups is 1. The van der Waals surface area contributed by atoms with Gasteiger partial charge < -0.3 is 20.3 Å². The highest BCUT2D eigenvalue weighted by atomic mass is 16.5.